The first-order valence-electron chi connectivity index (χ1n) is 28.1. The molecule has 2 saturated heterocycles. The predicted molar refractivity (Wildman–Crippen MR) is 295 cm³/mol. The third-order valence-electron chi connectivity index (χ3n) is 14.7. The molecule has 0 aromatic carbocycles. The zero-order valence-electron chi connectivity index (χ0n) is 48.5. The van der Waals surface area contributed by atoms with E-state index in [1.165, 1.54) is 30.7 Å². The van der Waals surface area contributed by atoms with Crippen LogP contribution in [0.25, 0.3) is 0 Å². The summed E-state index contributed by atoms with van der Waals surface area (Å²) in [5, 5.41) is 32.1. The van der Waals surface area contributed by atoms with Gasteiger partial charge in [0.25, 0.3) is 0 Å². The number of carbonyl (C=O) groups is 11. The van der Waals surface area contributed by atoms with Gasteiger partial charge >= 0.3 is 0 Å². The third kappa shape index (κ3) is 22.6. The van der Waals surface area contributed by atoms with Gasteiger partial charge in [-0.2, -0.15) is 0 Å². The summed E-state index contributed by atoms with van der Waals surface area (Å²) < 4.78 is 0. The van der Waals surface area contributed by atoms with E-state index < -0.39 is 120 Å². The topological polar surface area (TPSA) is 378 Å². The van der Waals surface area contributed by atoms with Crippen LogP contribution in [0.3, 0.4) is 0 Å². The Bertz CT molecular complexity index is 2110. The Kier molecular flexibility index (Phi) is 29.8. The molecule has 0 bridgehead atoms. The summed E-state index contributed by atoms with van der Waals surface area (Å²) >= 11 is 0. The van der Waals surface area contributed by atoms with Gasteiger partial charge in [-0.3, -0.25) is 57.7 Å². The van der Waals surface area contributed by atoms with Gasteiger partial charge in [0, 0.05) is 53.1 Å². The van der Waals surface area contributed by atoms with Crippen molar-refractivity contribution in [2.45, 2.75) is 188 Å². The van der Waals surface area contributed by atoms with E-state index in [0.29, 0.717) is 77.5 Å². The van der Waals surface area contributed by atoms with Gasteiger partial charge in [-0.15, -0.1) is 0 Å². The second kappa shape index (κ2) is 34.4. The molecule has 13 N–H and O–H groups in total. The Labute approximate surface area is 466 Å². The molecule has 0 unspecified atom stereocenters. The molecule has 2 rings (SSSR count). The number of likely N-dealkylation sites (N-methyl/N-ethyl adjacent to an activating group) is 2. The molecule has 0 aromatic heterocycles. The first kappa shape index (κ1) is 68.5. The third-order valence-corrected chi connectivity index (χ3v) is 14.7. The second-order valence-corrected chi connectivity index (χ2v) is 21.4. The molecule has 79 heavy (non-hydrogen) atoms. The predicted octanol–water partition coefficient (Wildman–Crippen LogP) is -1.77. The maximum absolute atomic E-state index is 14.2. The highest BCUT2D eigenvalue weighted by Gasteiger charge is 2.40. The lowest BCUT2D eigenvalue weighted by Gasteiger charge is -2.32. The van der Waals surface area contributed by atoms with Crippen molar-refractivity contribution >= 4 is 70.9 Å². The van der Waals surface area contributed by atoms with Crippen LogP contribution in [0.5, 0.6) is 0 Å². The van der Waals surface area contributed by atoms with E-state index in [1.807, 2.05) is 6.92 Å². The molecule has 448 valence electrons. The van der Waals surface area contributed by atoms with Gasteiger partial charge < -0.3 is 73.8 Å². The summed E-state index contributed by atoms with van der Waals surface area (Å²) in [7, 11) is 1.48. The molecule has 2 aliphatic rings. The van der Waals surface area contributed by atoms with Crippen molar-refractivity contribution in [3.63, 3.8) is 0 Å². The van der Waals surface area contributed by atoms with E-state index in [0.717, 1.165) is 0 Å². The van der Waals surface area contributed by atoms with Crippen LogP contribution < -0.4 is 54.0 Å². The molecular formula is C53H94N14O12. The van der Waals surface area contributed by atoms with Crippen molar-refractivity contribution in [1.82, 2.24) is 57.2 Å². The van der Waals surface area contributed by atoms with Gasteiger partial charge in [0.2, 0.25) is 65.0 Å². The van der Waals surface area contributed by atoms with Gasteiger partial charge in [-0.25, -0.2) is 0 Å². The van der Waals surface area contributed by atoms with Crippen LogP contribution in [-0.2, 0) is 52.7 Å². The quantitative estimate of drug-likeness (QED) is 0.0202. The highest BCUT2D eigenvalue weighted by atomic mass is 16.3. The fourth-order valence-corrected chi connectivity index (χ4v) is 9.34. The molecule has 0 saturated carbocycles. The molecule has 0 spiro atoms. The maximum atomic E-state index is 14.2. The van der Waals surface area contributed by atoms with Crippen LogP contribution >= 0.6 is 0 Å². The number of nitrogens with one attached hydrogen (secondary N) is 8. The van der Waals surface area contributed by atoms with Crippen LogP contribution in [0.2, 0.25) is 0 Å². The van der Waals surface area contributed by atoms with E-state index in [-0.39, 0.29) is 62.0 Å². The first-order valence-corrected chi connectivity index (χ1v) is 28.1. The zero-order chi connectivity index (χ0) is 59.7. The maximum Gasteiger partial charge on any atom is 0.245 e. The number of aliphatic hydroxyl groups is 1. The second-order valence-electron chi connectivity index (χ2n) is 21.4. The smallest absolute Gasteiger partial charge is 0.245 e. The van der Waals surface area contributed by atoms with Crippen molar-refractivity contribution < 1.29 is 57.8 Å². The largest absolute Gasteiger partial charge is 0.391 e. The Hall–Kier alpha value is -6.60. The number of nitrogens with two attached hydrogens (primary N) is 2. The minimum atomic E-state index is -1.64. The van der Waals surface area contributed by atoms with Crippen molar-refractivity contribution in [3.8, 4) is 0 Å². The average Bonchev–Trinajstić information content (AvgIpc) is 3.90. The number of hydrogen-bond donors (Lipinski definition) is 11. The van der Waals surface area contributed by atoms with Crippen LogP contribution in [0.4, 0.5) is 0 Å². The van der Waals surface area contributed by atoms with Crippen LogP contribution in [-0.4, -0.2) is 192 Å². The summed E-state index contributed by atoms with van der Waals surface area (Å²) in [6.45, 7) is 17.8. The number of piperidine rings is 1. The van der Waals surface area contributed by atoms with E-state index >= 15 is 0 Å². The Morgan fingerprint density at radius 1 is 0.658 bits per heavy atom. The van der Waals surface area contributed by atoms with Gasteiger partial charge in [0.15, 0.2) is 5.96 Å². The van der Waals surface area contributed by atoms with Crippen molar-refractivity contribution in [1.29, 1.82) is 0 Å². The summed E-state index contributed by atoms with van der Waals surface area (Å²) in [6.07, 6.45) is 2.72. The van der Waals surface area contributed by atoms with Gasteiger partial charge in [-0.05, 0) is 82.5 Å². The molecule has 0 aliphatic carbocycles. The highest BCUT2D eigenvalue weighted by Crippen LogP contribution is 2.23. The van der Waals surface area contributed by atoms with Crippen molar-refractivity contribution in [3.05, 3.63) is 0 Å². The number of guanidine groups is 1. The number of aliphatic imine (C=N–C) groups is 1. The van der Waals surface area contributed by atoms with Crippen molar-refractivity contribution in [2.24, 2.45) is 40.1 Å². The number of carbonyl (C=O) groups excluding carboxylic acids is 11. The minimum absolute atomic E-state index is 0.0132. The van der Waals surface area contributed by atoms with E-state index in [9.17, 15) is 57.8 Å². The summed E-state index contributed by atoms with van der Waals surface area (Å²) in [5.74, 6) is -7.92. The lowest BCUT2D eigenvalue weighted by Crippen LogP contribution is -2.63. The lowest BCUT2D eigenvalue weighted by molar-refractivity contribution is -0.142. The highest BCUT2D eigenvalue weighted by molar-refractivity contribution is 5.98. The molecule has 0 aromatic rings. The number of rotatable bonds is 32. The monoisotopic (exact) mass is 1120 g/mol. The molecule has 26 nitrogen and oxygen atoms in total. The Balaban J connectivity index is 2.19. The first-order chi connectivity index (χ1) is 37.2. The number of likely N-dealkylation sites (tertiary alicyclic amines) is 2. The van der Waals surface area contributed by atoms with Gasteiger partial charge in [0.05, 0.1) is 19.2 Å². The van der Waals surface area contributed by atoms with E-state index in [2.05, 4.69) is 47.5 Å². The number of hydrogen-bond acceptors (Lipinski definition) is 13. The molecule has 2 fully saturated rings. The lowest BCUT2D eigenvalue weighted by atomic mass is 9.93. The van der Waals surface area contributed by atoms with E-state index in [1.54, 1.807) is 53.4 Å². The summed E-state index contributed by atoms with van der Waals surface area (Å²) in [6, 6.07) is -8.41. The summed E-state index contributed by atoms with van der Waals surface area (Å²) in [4.78, 5) is 156. The van der Waals surface area contributed by atoms with E-state index in [4.69, 9.17) is 11.5 Å². The van der Waals surface area contributed by atoms with Crippen LogP contribution in [0, 0.1) is 23.7 Å². The molecule has 2 aliphatic heterocycles. The Morgan fingerprint density at radius 2 is 1.20 bits per heavy atom. The number of aliphatic hydroxyl groups excluding tert-OH is 1. The standard InChI is InChI=1S/C53H94N14O12/c1-12-18-36(46(73)62-43(31(7)13-2)49(76)60-37(19-16-23-57-53(54)55)52(79)67-24-17-20-38(67)47(74)56-15-4)59-51(78)45(33(9)68)64-50(77)44(32(8)14-3)63-48(75)42(30(5)6)61-39(70)28-58-40(71)29-65(11)41(72)27-35-21-25-66(26-22-35)34(10)69/h30-33,35-38,42-45,68H,12-29H2,1-11H3,(H,56,74)(H,58,71)(H,59,78)(H,60,76)(H,61,70)(H,62,73)(H,63,75)(H,64,77)(H4,54,55,57)/t31-,32-,33+,36-,37-,38-,42-,43-,44+,45-/m0/s1. The molecule has 2 heterocycles. The fraction of sp³-hybridized carbons (Fsp3) is 0.774. The van der Waals surface area contributed by atoms with Crippen LogP contribution in [0.15, 0.2) is 4.99 Å². The molecule has 11 amide bonds. The van der Waals surface area contributed by atoms with Gasteiger partial charge in [-0.1, -0.05) is 67.7 Å². The molecular weight excluding hydrogens is 1020 g/mol. The number of nitrogens with zero attached hydrogens (tertiary/aromatic N) is 4. The van der Waals surface area contributed by atoms with Crippen molar-refractivity contribution in [2.75, 3.05) is 52.9 Å². The minimum Gasteiger partial charge on any atom is -0.391 e. The summed E-state index contributed by atoms with van der Waals surface area (Å²) in [5.41, 5.74) is 11.0. The molecule has 0 radical (unpaired) electrons. The van der Waals surface area contributed by atoms with Gasteiger partial charge in [0.1, 0.15) is 42.3 Å². The normalized spacial score (nSPS) is 17.9. The number of amides is 11. The Morgan fingerprint density at radius 3 is 1.73 bits per heavy atom. The molecule has 10 atom stereocenters. The average molecular weight is 1120 g/mol. The molecule has 26 heteroatoms. The SMILES string of the molecule is CCC[C@H](NC(=O)[C@@H](NC(=O)[C@H](NC(=O)[C@@H](NC(=O)CNC(=O)CN(C)C(=O)CC1CCN(C(C)=O)CC1)C(C)C)[C@@H](C)CC)[C@@H](C)O)C(=O)N[C@H](C(=O)N[C@@H](CCCN=C(N)N)C(=O)N1CCC[C@H]1C(=O)NCC)[C@@H](C)CC. The zero-order valence-corrected chi connectivity index (χ0v) is 48.5. The fourth-order valence-electron chi connectivity index (χ4n) is 9.34. The van der Waals surface area contributed by atoms with Crippen LogP contribution in [0.1, 0.15) is 140 Å².